The van der Waals surface area contributed by atoms with E-state index in [1.165, 1.54) is 12.1 Å². The van der Waals surface area contributed by atoms with Crippen LogP contribution < -0.4 is 4.89 Å². The molecule has 0 bridgehead atoms. The Labute approximate surface area is 104 Å². The summed E-state index contributed by atoms with van der Waals surface area (Å²) in [6.07, 6.45) is 0. The van der Waals surface area contributed by atoms with E-state index in [0.29, 0.717) is 6.61 Å². The number of rotatable bonds is 5. The highest BCUT2D eigenvalue weighted by Gasteiger charge is 2.13. The Morgan fingerprint density at radius 3 is 2.38 bits per heavy atom. The molecule has 0 fully saturated rings. The Kier molecular flexibility index (Phi) is 4.91. The van der Waals surface area contributed by atoms with Crippen LogP contribution in [0.3, 0.4) is 0 Å². The number of sulfonamides is 1. The fraction of sp³-hybridized carbons (Fsp3) is 0.400. The first-order valence-electron chi connectivity index (χ1n) is 4.81. The highest BCUT2D eigenvalue weighted by atomic mass is 79.9. The molecule has 1 aromatic carbocycles. The van der Waals surface area contributed by atoms with Gasteiger partial charge in [0.2, 0.25) is 0 Å². The minimum absolute atomic E-state index is 0.180. The van der Waals surface area contributed by atoms with Gasteiger partial charge in [-0.05, 0) is 30.2 Å². The second-order valence-electron chi connectivity index (χ2n) is 3.75. The summed E-state index contributed by atoms with van der Waals surface area (Å²) in [6, 6.07) is 6.34. The number of benzene rings is 1. The highest BCUT2D eigenvalue weighted by molar-refractivity contribution is 9.10. The maximum atomic E-state index is 11.7. The Bertz CT molecular complexity index is 428. The van der Waals surface area contributed by atoms with Crippen LogP contribution in [0.1, 0.15) is 13.8 Å². The largest absolute Gasteiger partial charge is 0.287 e. The molecule has 90 valence electrons. The van der Waals surface area contributed by atoms with Crippen LogP contribution in [0.5, 0.6) is 0 Å². The lowest BCUT2D eigenvalue weighted by atomic mass is 10.2. The van der Waals surface area contributed by atoms with Crippen molar-refractivity contribution in [3.63, 3.8) is 0 Å². The molecular formula is C10H14BrNO3S. The van der Waals surface area contributed by atoms with Crippen molar-refractivity contribution in [2.45, 2.75) is 18.7 Å². The topological polar surface area (TPSA) is 55.4 Å². The first-order valence-corrected chi connectivity index (χ1v) is 7.08. The second kappa shape index (κ2) is 5.77. The minimum atomic E-state index is -3.57. The lowest BCUT2D eigenvalue weighted by Gasteiger charge is -2.08. The van der Waals surface area contributed by atoms with Crippen LogP contribution in [0.4, 0.5) is 0 Å². The normalized spacial score (nSPS) is 12.0. The van der Waals surface area contributed by atoms with E-state index in [4.69, 9.17) is 4.84 Å². The summed E-state index contributed by atoms with van der Waals surface area (Å²) in [5.41, 5.74) is 0. The summed E-state index contributed by atoms with van der Waals surface area (Å²) in [7, 11) is -3.57. The molecule has 0 heterocycles. The van der Waals surface area contributed by atoms with Gasteiger partial charge in [0, 0.05) is 4.47 Å². The maximum Gasteiger partial charge on any atom is 0.262 e. The molecule has 0 radical (unpaired) electrons. The molecule has 16 heavy (non-hydrogen) atoms. The Morgan fingerprint density at radius 1 is 1.31 bits per heavy atom. The van der Waals surface area contributed by atoms with E-state index < -0.39 is 10.0 Å². The van der Waals surface area contributed by atoms with Gasteiger partial charge in [0.05, 0.1) is 11.5 Å². The predicted molar refractivity (Wildman–Crippen MR) is 65.3 cm³/mol. The van der Waals surface area contributed by atoms with Crippen molar-refractivity contribution < 1.29 is 13.3 Å². The van der Waals surface area contributed by atoms with E-state index >= 15 is 0 Å². The standard InChI is InChI=1S/C10H14BrNO3S/c1-8(2)7-15-12-16(13,14)10-5-3-9(11)4-6-10/h3-6,8,12H,7H2,1-2H3. The maximum absolute atomic E-state index is 11.7. The summed E-state index contributed by atoms with van der Waals surface area (Å²) in [6.45, 7) is 4.22. The number of nitrogens with one attached hydrogen (secondary N) is 1. The van der Waals surface area contributed by atoms with Crippen molar-refractivity contribution in [1.82, 2.24) is 4.89 Å². The van der Waals surface area contributed by atoms with Crippen molar-refractivity contribution in [2.75, 3.05) is 6.61 Å². The lowest BCUT2D eigenvalue weighted by Crippen LogP contribution is -2.25. The molecule has 1 N–H and O–H groups in total. The van der Waals surface area contributed by atoms with Gasteiger partial charge in [-0.15, -0.1) is 0 Å². The van der Waals surface area contributed by atoms with Crippen molar-refractivity contribution >= 4 is 26.0 Å². The molecule has 1 rings (SSSR count). The van der Waals surface area contributed by atoms with Crippen molar-refractivity contribution in [1.29, 1.82) is 0 Å². The van der Waals surface area contributed by atoms with E-state index in [1.807, 2.05) is 13.8 Å². The van der Waals surface area contributed by atoms with E-state index in [2.05, 4.69) is 20.8 Å². The molecule has 0 aliphatic heterocycles. The predicted octanol–water partition coefficient (Wildman–Crippen LogP) is 2.32. The first-order chi connectivity index (χ1) is 7.42. The molecular weight excluding hydrogens is 294 g/mol. The molecule has 0 unspecified atom stereocenters. The zero-order valence-corrected chi connectivity index (χ0v) is 11.5. The van der Waals surface area contributed by atoms with Gasteiger partial charge in [-0.3, -0.25) is 4.84 Å². The van der Waals surface area contributed by atoms with Crippen LogP contribution in [0.25, 0.3) is 0 Å². The fourth-order valence-corrected chi connectivity index (χ4v) is 2.02. The third-order valence-corrected chi connectivity index (χ3v) is 3.47. The van der Waals surface area contributed by atoms with Gasteiger partial charge in [-0.25, -0.2) is 8.42 Å². The van der Waals surface area contributed by atoms with Gasteiger partial charge in [0.25, 0.3) is 10.0 Å². The summed E-state index contributed by atoms with van der Waals surface area (Å²) >= 11 is 3.24. The van der Waals surface area contributed by atoms with Crippen LogP contribution in [0.15, 0.2) is 33.6 Å². The Hall–Kier alpha value is -0.430. The number of halogens is 1. The molecule has 0 atom stereocenters. The van der Waals surface area contributed by atoms with Crippen molar-refractivity contribution in [3.05, 3.63) is 28.7 Å². The van der Waals surface area contributed by atoms with Crippen LogP contribution in [0.2, 0.25) is 0 Å². The fourth-order valence-electron chi connectivity index (χ4n) is 0.940. The van der Waals surface area contributed by atoms with Gasteiger partial charge in [0.1, 0.15) is 0 Å². The quantitative estimate of drug-likeness (QED) is 0.849. The summed E-state index contributed by atoms with van der Waals surface area (Å²) in [5.74, 6) is 0.271. The van der Waals surface area contributed by atoms with Crippen LogP contribution >= 0.6 is 15.9 Å². The molecule has 0 spiro atoms. The van der Waals surface area contributed by atoms with E-state index in [1.54, 1.807) is 12.1 Å². The Morgan fingerprint density at radius 2 is 1.88 bits per heavy atom. The second-order valence-corrected chi connectivity index (χ2v) is 6.31. The monoisotopic (exact) mass is 307 g/mol. The van der Waals surface area contributed by atoms with E-state index in [9.17, 15) is 8.42 Å². The number of hydrogen-bond acceptors (Lipinski definition) is 3. The average molecular weight is 308 g/mol. The van der Waals surface area contributed by atoms with Crippen LogP contribution in [-0.4, -0.2) is 15.0 Å². The SMILES string of the molecule is CC(C)CONS(=O)(=O)c1ccc(Br)cc1. The smallest absolute Gasteiger partial charge is 0.262 e. The number of hydrogen-bond donors (Lipinski definition) is 1. The zero-order valence-electron chi connectivity index (χ0n) is 9.10. The first kappa shape index (κ1) is 13.6. The molecule has 0 aromatic heterocycles. The summed E-state index contributed by atoms with van der Waals surface area (Å²) < 4.78 is 24.2. The van der Waals surface area contributed by atoms with E-state index in [0.717, 1.165) is 4.47 Å². The molecule has 0 saturated heterocycles. The molecule has 0 aliphatic carbocycles. The van der Waals surface area contributed by atoms with Crippen molar-refractivity contribution in [3.8, 4) is 0 Å². The molecule has 4 nitrogen and oxygen atoms in total. The van der Waals surface area contributed by atoms with Gasteiger partial charge in [-0.1, -0.05) is 34.7 Å². The van der Waals surface area contributed by atoms with Crippen molar-refractivity contribution in [2.24, 2.45) is 5.92 Å². The third kappa shape index (κ3) is 4.21. The minimum Gasteiger partial charge on any atom is -0.287 e. The molecule has 1 aromatic rings. The molecule has 6 heteroatoms. The van der Waals surface area contributed by atoms with E-state index in [-0.39, 0.29) is 10.8 Å². The summed E-state index contributed by atoms with van der Waals surface area (Å²) in [4.78, 5) is 7.16. The molecule has 0 aliphatic rings. The lowest BCUT2D eigenvalue weighted by molar-refractivity contribution is 0.0719. The molecule has 0 amide bonds. The van der Waals surface area contributed by atoms with Crippen LogP contribution in [0, 0.1) is 5.92 Å². The summed E-state index contributed by atoms with van der Waals surface area (Å²) in [5, 5.41) is 0. The average Bonchev–Trinajstić information content (AvgIpc) is 2.17. The van der Waals surface area contributed by atoms with Gasteiger partial charge in [0.15, 0.2) is 0 Å². The highest BCUT2D eigenvalue weighted by Crippen LogP contribution is 2.14. The Balaban J connectivity index is 2.67. The van der Waals surface area contributed by atoms with Gasteiger partial charge < -0.3 is 0 Å². The molecule has 0 saturated carbocycles. The third-order valence-electron chi connectivity index (χ3n) is 1.71. The zero-order chi connectivity index (χ0) is 12.2. The van der Waals surface area contributed by atoms with Gasteiger partial charge >= 0.3 is 0 Å². The van der Waals surface area contributed by atoms with Gasteiger partial charge in [-0.2, -0.15) is 0 Å². The van der Waals surface area contributed by atoms with Crippen LogP contribution in [-0.2, 0) is 14.9 Å².